The monoisotopic (exact) mass is 643 g/mol. The predicted octanol–water partition coefficient (Wildman–Crippen LogP) is 8.18. The van der Waals surface area contributed by atoms with E-state index >= 15 is 0 Å². The number of pyridine rings is 1. The van der Waals surface area contributed by atoms with Crippen molar-refractivity contribution in [2.75, 3.05) is 33.2 Å². The molecule has 0 N–H and O–H groups in total. The van der Waals surface area contributed by atoms with Crippen molar-refractivity contribution in [2.45, 2.75) is 119 Å². The van der Waals surface area contributed by atoms with Crippen molar-refractivity contribution in [1.29, 1.82) is 0 Å². The molecule has 6 heteroatoms. The van der Waals surface area contributed by atoms with Crippen LogP contribution in [0, 0.1) is 50.2 Å². The summed E-state index contributed by atoms with van der Waals surface area (Å²) in [6.07, 6.45) is 17.2. The zero-order chi connectivity index (χ0) is 33.6. The summed E-state index contributed by atoms with van der Waals surface area (Å²) in [5.41, 5.74) is 2.73. The third kappa shape index (κ3) is 4.91. The quantitative estimate of drug-likeness (QED) is 0.246. The largest absolute Gasteiger partial charge is 0.458 e. The maximum atomic E-state index is 14.2. The Morgan fingerprint density at radius 2 is 1.60 bits per heavy atom. The van der Waals surface area contributed by atoms with Crippen molar-refractivity contribution in [3.8, 4) is 0 Å². The number of hydrogen-bond acceptors (Lipinski definition) is 5. The van der Waals surface area contributed by atoms with E-state index in [4.69, 9.17) is 4.74 Å². The van der Waals surface area contributed by atoms with E-state index in [2.05, 4.69) is 76.4 Å². The van der Waals surface area contributed by atoms with Crippen LogP contribution in [0.4, 0.5) is 0 Å². The summed E-state index contributed by atoms with van der Waals surface area (Å²) in [7, 11) is 2.17. The van der Waals surface area contributed by atoms with Crippen LogP contribution in [0.1, 0.15) is 123 Å². The van der Waals surface area contributed by atoms with Gasteiger partial charge in [0.2, 0.25) is 5.91 Å². The minimum Gasteiger partial charge on any atom is -0.458 e. The zero-order valence-electron chi connectivity index (χ0n) is 30.7. The molecule has 7 rings (SSSR count). The molecule has 6 aliphatic rings. The van der Waals surface area contributed by atoms with Crippen LogP contribution in [0.5, 0.6) is 0 Å². The highest BCUT2D eigenvalue weighted by Gasteiger charge is 2.68. The van der Waals surface area contributed by atoms with Gasteiger partial charge in [0.15, 0.2) is 0 Å². The molecule has 4 saturated carbocycles. The van der Waals surface area contributed by atoms with Crippen LogP contribution in [0.2, 0.25) is 0 Å². The van der Waals surface area contributed by atoms with Crippen molar-refractivity contribution in [3.05, 3.63) is 41.7 Å². The van der Waals surface area contributed by atoms with Gasteiger partial charge in [-0.05, 0) is 123 Å². The van der Waals surface area contributed by atoms with E-state index in [1.165, 1.54) is 25.7 Å². The number of carbonyl (C=O) groups excluding carboxylic acids is 2. The van der Waals surface area contributed by atoms with Crippen molar-refractivity contribution >= 4 is 11.9 Å². The van der Waals surface area contributed by atoms with Gasteiger partial charge in [-0.3, -0.25) is 9.78 Å². The fourth-order valence-electron chi connectivity index (χ4n) is 12.8. The van der Waals surface area contributed by atoms with Crippen LogP contribution in [-0.2, 0) is 9.53 Å². The average Bonchev–Trinajstić information content (AvgIpc) is 3.04. The molecule has 1 saturated heterocycles. The number of likely N-dealkylation sites (N-methyl/N-ethyl adjacent to an activating group) is 1. The minimum absolute atomic E-state index is 0.0870. The molecule has 9 atom stereocenters. The first-order chi connectivity index (χ1) is 22.1. The molecule has 47 heavy (non-hydrogen) atoms. The van der Waals surface area contributed by atoms with Gasteiger partial charge in [0.25, 0.3) is 0 Å². The first kappa shape index (κ1) is 33.3. The summed E-state index contributed by atoms with van der Waals surface area (Å²) in [5, 5.41) is 0. The number of carbonyl (C=O) groups is 2. The molecule has 0 bridgehead atoms. The lowest BCUT2D eigenvalue weighted by Gasteiger charge is -2.71. The molecule has 5 aliphatic carbocycles. The number of fused-ring (bicyclic) bond motifs is 7. The van der Waals surface area contributed by atoms with E-state index in [1.807, 2.05) is 0 Å². The van der Waals surface area contributed by atoms with E-state index in [0.29, 0.717) is 29.2 Å². The summed E-state index contributed by atoms with van der Waals surface area (Å²) >= 11 is 0. The number of ether oxygens (including phenoxy) is 1. The Hall–Kier alpha value is -2.21. The van der Waals surface area contributed by atoms with Crippen molar-refractivity contribution in [1.82, 2.24) is 14.8 Å². The Morgan fingerprint density at radius 3 is 2.30 bits per heavy atom. The van der Waals surface area contributed by atoms with Crippen LogP contribution in [0.3, 0.4) is 0 Å². The van der Waals surface area contributed by atoms with Crippen LogP contribution >= 0.6 is 0 Å². The van der Waals surface area contributed by atoms with Gasteiger partial charge < -0.3 is 14.5 Å². The van der Waals surface area contributed by atoms with Gasteiger partial charge in [0.05, 0.1) is 5.56 Å². The lowest BCUT2D eigenvalue weighted by molar-refractivity contribution is -0.203. The van der Waals surface area contributed by atoms with Crippen LogP contribution in [0.15, 0.2) is 36.2 Å². The maximum Gasteiger partial charge on any atom is 0.339 e. The number of amides is 1. The fourth-order valence-corrected chi connectivity index (χ4v) is 12.8. The highest BCUT2D eigenvalue weighted by molar-refractivity contribution is 5.89. The second-order valence-corrected chi connectivity index (χ2v) is 18.9. The second-order valence-electron chi connectivity index (χ2n) is 18.9. The van der Waals surface area contributed by atoms with Gasteiger partial charge in [0.1, 0.15) is 6.10 Å². The SMILES string of the molecule is CN1CCN(C(=O)[C@@]2(C)CC[C@]3(C)CC[C@]4(C)C(=CC[C@@H]5[C@@]6(C)CC[C@H](OC(=O)c7cccnc7)C(C)(C)[C@@H]6CC[C@]54C)[C@@H]3C2)CC1. The summed E-state index contributed by atoms with van der Waals surface area (Å²) < 4.78 is 6.29. The first-order valence-corrected chi connectivity index (χ1v) is 18.9. The Bertz CT molecular complexity index is 1430. The Kier molecular flexibility index (Phi) is 7.90. The number of aromatic nitrogens is 1. The number of piperazine rings is 1. The van der Waals surface area contributed by atoms with Crippen molar-refractivity contribution in [2.24, 2.45) is 50.2 Å². The summed E-state index contributed by atoms with van der Waals surface area (Å²) in [6, 6.07) is 3.61. The Morgan fingerprint density at radius 1 is 0.872 bits per heavy atom. The summed E-state index contributed by atoms with van der Waals surface area (Å²) in [4.78, 5) is 36.0. The topological polar surface area (TPSA) is 62.7 Å². The smallest absolute Gasteiger partial charge is 0.339 e. The lowest BCUT2D eigenvalue weighted by Crippen LogP contribution is -2.65. The molecule has 0 unspecified atom stereocenters. The molecule has 1 aliphatic heterocycles. The summed E-state index contributed by atoms with van der Waals surface area (Å²) in [6.45, 7) is 21.2. The zero-order valence-corrected chi connectivity index (χ0v) is 30.7. The number of nitrogens with zero attached hydrogens (tertiary/aromatic N) is 3. The maximum absolute atomic E-state index is 14.2. The van der Waals surface area contributed by atoms with E-state index < -0.39 is 0 Å². The van der Waals surface area contributed by atoms with Gasteiger partial charge in [-0.15, -0.1) is 0 Å². The third-order valence-corrected chi connectivity index (χ3v) is 16.2. The first-order valence-electron chi connectivity index (χ1n) is 18.9. The highest BCUT2D eigenvalue weighted by Crippen LogP contribution is 2.75. The third-order valence-electron chi connectivity index (χ3n) is 16.2. The molecule has 1 amide bonds. The van der Waals surface area contributed by atoms with Gasteiger partial charge in [0, 0.05) is 49.4 Å². The van der Waals surface area contributed by atoms with Gasteiger partial charge >= 0.3 is 5.97 Å². The predicted molar refractivity (Wildman–Crippen MR) is 187 cm³/mol. The van der Waals surface area contributed by atoms with E-state index in [9.17, 15) is 9.59 Å². The molecule has 258 valence electrons. The molecule has 1 aromatic rings. The van der Waals surface area contributed by atoms with Gasteiger partial charge in [-0.1, -0.05) is 60.1 Å². The highest BCUT2D eigenvalue weighted by atomic mass is 16.5. The van der Waals surface area contributed by atoms with E-state index in [0.717, 1.165) is 64.7 Å². The van der Waals surface area contributed by atoms with Crippen molar-refractivity contribution in [3.63, 3.8) is 0 Å². The molecule has 0 spiro atoms. The average molecular weight is 644 g/mol. The van der Waals surface area contributed by atoms with Crippen LogP contribution < -0.4 is 0 Å². The number of hydrogen-bond donors (Lipinski definition) is 0. The van der Waals surface area contributed by atoms with Gasteiger partial charge in [-0.25, -0.2) is 4.79 Å². The standard InChI is InChI=1S/C41H61N3O3/c1-36(2)31-13-16-41(7)32(39(31,5)15-14-33(36)47-34(45)28-10-9-21-42-27-28)12-11-29-30-26-38(4,35(46)44-24-22-43(8)23-25-44)18-17-37(30,3)19-20-40(29,41)6/h9-11,21,27,30-33H,12-20,22-26H2,1-8H3/t30-,31-,32+,33-,37+,38-,39-,40+,41+/m0/s1. The molecule has 6 nitrogen and oxygen atoms in total. The van der Waals surface area contributed by atoms with Crippen molar-refractivity contribution < 1.29 is 14.3 Å². The number of rotatable bonds is 3. The lowest BCUT2D eigenvalue weighted by atomic mass is 9.33. The number of allylic oxidation sites excluding steroid dienone is 2. The molecular formula is C41H61N3O3. The Labute approximate surface area is 284 Å². The Balaban J connectivity index is 1.15. The molecular weight excluding hydrogens is 582 g/mol. The summed E-state index contributed by atoms with van der Waals surface area (Å²) in [5.74, 6) is 1.76. The van der Waals surface area contributed by atoms with Gasteiger partial charge in [-0.2, -0.15) is 0 Å². The second kappa shape index (κ2) is 11.2. The molecule has 2 heterocycles. The van der Waals surface area contributed by atoms with Crippen LogP contribution in [-0.4, -0.2) is 66.0 Å². The number of esters is 1. The molecule has 0 radical (unpaired) electrons. The molecule has 0 aromatic carbocycles. The van der Waals surface area contributed by atoms with E-state index in [1.54, 1.807) is 30.1 Å². The van der Waals surface area contributed by atoms with E-state index in [-0.39, 0.29) is 44.6 Å². The molecule has 5 fully saturated rings. The molecule has 1 aromatic heterocycles. The fraction of sp³-hybridized carbons (Fsp3) is 0.780. The normalized spacial score (nSPS) is 44.6. The van der Waals surface area contributed by atoms with Crippen LogP contribution in [0.25, 0.3) is 0 Å². The minimum atomic E-state index is -0.268.